The molecule has 1 aliphatic heterocycles. The largest absolute Gasteiger partial charge is 0.465 e. The van der Waals surface area contributed by atoms with Crippen molar-refractivity contribution in [1.29, 1.82) is 0 Å². The zero-order valence-corrected chi connectivity index (χ0v) is 21.8. The van der Waals surface area contributed by atoms with Gasteiger partial charge in [-0.15, -0.1) is 0 Å². The molecule has 1 saturated carbocycles. The van der Waals surface area contributed by atoms with Crippen molar-refractivity contribution in [2.24, 2.45) is 17.8 Å². The topological polar surface area (TPSA) is 86.7 Å². The Bertz CT molecular complexity index is 1320. The molecular formula is C31H28O6S. The first kappa shape index (κ1) is 25.9. The summed E-state index contributed by atoms with van der Waals surface area (Å²) in [5, 5.41) is 0. The van der Waals surface area contributed by atoms with Crippen molar-refractivity contribution >= 4 is 35.3 Å². The van der Waals surface area contributed by atoms with E-state index >= 15 is 0 Å². The highest BCUT2D eigenvalue weighted by Crippen LogP contribution is 2.50. The smallest absolute Gasteiger partial charge is 0.317 e. The average molecular weight is 529 g/mol. The van der Waals surface area contributed by atoms with Gasteiger partial charge in [0.15, 0.2) is 18.2 Å². The van der Waals surface area contributed by atoms with Crippen LogP contribution in [0, 0.1) is 17.8 Å². The molecule has 0 spiro atoms. The zero-order valence-electron chi connectivity index (χ0n) is 21.0. The van der Waals surface area contributed by atoms with Crippen LogP contribution in [0.1, 0.15) is 47.2 Å². The summed E-state index contributed by atoms with van der Waals surface area (Å²) in [5.74, 6) is -3.94. The third-order valence-corrected chi connectivity index (χ3v) is 8.41. The molecule has 38 heavy (non-hydrogen) atoms. The molecule has 1 fully saturated rings. The van der Waals surface area contributed by atoms with Crippen LogP contribution in [0.5, 0.6) is 0 Å². The maximum atomic E-state index is 13.9. The van der Waals surface area contributed by atoms with Crippen LogP contribution in [0.15, 0.2) is 88.7 Å². The Morgan fingerprint density at radius 1 is 0.789 bits per heavy atom. The zero-order chi connectivity index (χ0) is 26.6. The standard InChI is InChI=1S/C31H28O6S/c1-2-36-31(35)28(27-22-12-6-8-14-25(22)38-26-15-9-7-13-23(26)27)29(33)20-16-21(17-20)30(34)37-18-24(32)19-10-4-3-5-11-19/h3-15,20-21,27-28H,2,16-18H2,1H3. The molecule has 0 N–H and O–H groups in total. The fourth-order valence-electron chi connectivity index (χ4n) is 5.21. The lowest BCUT2D eigenvalue weighted by Gasteiger charge is -2.37. The van der Waals surface area contributed by atoms with Gasteiger partial charge in [0, 0.05) is 27.2 Å². The number of rotatable bonds is 9. The van der Waals surface area contributed by atoms with Crippen molar-refractivity contribution in [3.05, 3.63) is 95.6 Å². The third kappa shape index (κ3) is 5.16. The van der Waals surface area contributed by atoms with E-state index in [4.69, 9.17) is 9.47 Å². The molecule has 0 saturated heterocycles. The summed E-state index contributed by atoms with van der Waals surface area (Å²) in [5.41, 5.74) is 2.33. The van der Waals surface area contributed by atoms with Gasteiger partial charge < -0.3 is 9.47 Å². The minimum Gasteiger partial charge on any atom is -0.465 e. The monoisotopic (exact) mass is 528 g/mol. The molecule has 7 heteroatoms. The van der Waals surface area contributed by atoms with Crippen molar-refractivity contribution < 1.29 is 28.7 Å². The fourth-order valence-corrected chi connectivity index (χ4v) is 6.37. The normalized spacial score (nSPS) is 18.8. The van der Waals surface area contributed by atoms with Crippen LogP contribution in [0.3, 0.4) is 0 Å². The molecule has 0 amide bonds. The number of carbonyl (C=O) groups excluding carboxylic acids is 4. The Morgan fingerprint density at radius 2 is 1.37 bits per heavy atom. The Balaban J connectivity index is 1.31. The van der Waals surface area contributed by atoms with Gasteiger partial charge in [-0.25, -0.2) is 0 Å². The second kappa shape index (κ2) is 11.4. The lowest BCUT2D eigenvalue weighted by molar-refractivity contribution is -0.157. The number of ether oxygens (including phenoxy) is 2. The molecule has 6 nitrogen and oxygen atoms in total. The van der Waals surface area contributed by atoms with E-state index < -0.39 is 35.6 Å². The molecule has 3 aromatic rings. The number of benzene rings is 3. The predicted octanol–water partition coefficient (Wildman–Crippen LogP) is 5.48. The van der Waals surface area contributed by atoms with Gasteiger partial charge in [0.2, 0.25) is 0 Å². The summed E-state index contributed by atoms with van der Waals surface area (Å²) >= 11 is 1.63. The van der Waals surface area contributed by atoms with Gasteiger partial charge in [0.1, 0.15) is 5.92 Å². The predicted molar refractivity (Wildman–Crippen MR) is 142 cm³/mol. The highest BCUT2D eigenvalue weighted by atomic mass is 32.2. The van der Waals surface area contributed by atoms with Crippen molar-refractivity contribution in [2.75, 3.05) is 13.2 Å². The number of Topliss-reactive ketones (excluding diaryl/α,β-unsaturated/α-hetero) is 2. The maximum Gasteiger partial charge on any atom is 0.317 e. The van der Waals surface area contributed by atoms with Crippen LogP contribution in [0.25, 0.3) is 0 Å². The van der Waals surface area contributed by atoms with Crippen molar-refractivity contribution in [2.45, 2.75) is 35.5 Å². The van der Waals surface area contributed by atoms with E-state index in [-0.39, 0.29) is 37.6 Å². The molecule has 1 heterocycles. The molecule has 1 aliphatic carbocycles. The van der Waals surface area contributed by atoms with Crippen molar-refractivity contribution in [3.8, 4) is 0 Å². The van der Waals surface area contributed by atoms with Crippen LogP contribution >= 0.6 is 11.8 Å². The van der Waals surface area contributed by atoms with Gasteiger partial charge in [0.25, 0.3) is 0 Å². The quantitative estimate of drug-likeness (QED) is 0.206. The fraction of sp³-hybridized carbons (Fsp3) is 0.290. The molecule has 3 aromatic carbocycles. The number of esters is 2. The van der Waals surface area contributed by atoms with Crippen LogP contribution in [0.4, 0.5) is 0 Å². The van der Waals surface area contributed by atoms with E-state index in [1.807, 2.05) is 48.5 Å². The van der Waals surface area contributed by atoms with E-state index in [9.17, 15) is 19.2 Å². The van der Waals surface area contributed by atoms with Crippen LogP contribution in [0.2, 0.25) is 0 Å². The summed E-state index contributed by atoms with van der Waals surface area (Å²) in [6.07, 6.45) is 0.579. The molecule has 0 aromatic heterocycles. The Hall–Kier alpha value is -3.71. The Labute approximate surface area is 225 Å². The molecule has 1 unspecified atom stereocenters. The van der Waals surface area contributed by atoms with Gasteiger partial charge in [-0.3, -0.25) is 19.2 Å². The summed E-state index contributed by atoms with van der Waals surface area (Å²) < 4.78 is 10.7. The summed E-state index contributed by atoms with van der Waals surface area (Å²) in [7, 11) is 0. The first-order valence-electron chi connectivity index (χ1n) is 12.8. The Morgan fingerprint density at radius 3 is 1.97 bits per heavy atom. The van der Waals surface area contributed by atoms with Crippen molar-refractivity contribution in [1.82, 2.24) is 0 Å². The van der Waals surface area contributed by atoms with E-state index in [2.05, 4.69) is 0 Å². The SMILES string of the molecule is CCOC(=O)C(C(=O)C1CC(C(=O)OCC(=O)c2ccccc2)C1)C1c2ccccc2Sc2ccccc21. The second-order valence-electron chi connectivity index (χ2n) is 9.55. The van der Waals surface area contributed by atoms with Crippen LogP contribution < -0.4 is 0 Å². The summed E-state index contributed by atoms with van der Waals surface area (Å²) in [6.45, 7) is 1.56. The number of fused-ring (bicyclic) bond motifs is 2. The molecule has 194 valence electrons. The molecule has 1 atom stereocenters. The maximum absolute atomic E-state index is 13.9. The van der Waals surface area contributed by atoms with Gasteiger partial charge in [-0.05, 0) is 43.0 Å². The molecule has 0 bridgehead atoms. The lowest BCUT2D eigenvalue weighted by Crippen LogP contribution is -2.44. The van der Waals surface area contributed by atoms with Gasteiger partial charge in [-0.1, -0.05) is 78.5 Å². The first-order valence-corrected chi connectivity index (χ1v) is 13.6. The number of hydrogen-bond acceptors (Lipinski definition) is 7. The van der Waals surface area contributed by atoms with Crippen molar-refractivity contribution in [3.63, 3.8) is 0 Å². The second-order valence-corrected chi connectivity index (χ2v) is 10.6. The first-order chi connectivity index (χ1) is 18.5. The minimum atomic E-state index is -1.01. The van der Waals surface area contributed by atoms with Gasteiger partial charge in [0.05, 0.1) is 12.5 Å². The molecule has 5 rings (SSSR count). The summed E-state index contributed by atoms with van der Waals surface area (Å²) in [6, 6.07) is 24.3. The summed E-state index contributed by atoms with van der Waals surface area (Å²) in [4.78, 5) is 54.0. The lowest BCUT2D eigenvalue weighted by atomic mass is 9.66. The van der Waals surface area contributed by atoms with Gasteiger partial charge >= 0.3 is 11.9 Å². The van der Waals surface area contributed by atoms with E-state index in [1.54, 1.807) is 49.0 Å². The number of ketones is 2. The van der Waals surface area contributed by atoms with E-state index in [0.717, 1.165) is 20.9 Å². The number of hydrogen-bond donors (Lipinski definition) is 0. The minimum absolute atomic E-state index is 0.169. The highest BCUT2D eigenvalue weighted by Gasteiger charge is 2.48. The third-order valence-electron chi connectivity index (χ3n) is 7.22. The van der Waals surface area contributed by atoms with Crippen LogP contribution in [-0.2, 0) is 23.9 Å². The van der Waals surface area contributed by atoms with Crippen LogP contribution in [-0.4, -0.2) is 36.7 Å². The van der Waals surface area contributed by atoms with E-state index in [0.29, 0.717) is 5.56 Å². The Kier molecular flexibility index (Phi) is 7.74. The van der Waals surface area contributed by atoms with E-state index in [1.165, 1.54) is 0 Å². The highest BCUT2D eigenvalue weighted by molar-refractivity contribution is 7.99. The molecule has 2 aliphatic rings. The van der Waals surface area contributed by atoms with Gasteiger partial charge in [-0.2, -0.15) is 0 Å². The molecular weight excluding hydrogens is 500 g/mol. The molecule has 0 radical (unpaired) electrons. The average Bonchev–Trinajstić information content (AvgIpc) is 2.91. The number of carbonyl (C=O) groups is 4.